The zero-order chi connectivity index (χ0) is 23.2. The summed E-state index contributed by atoms with van der Waals surface area (Å²) < 4.78 is 5.15. The number of thioether (sulfide) groups is 1. The van der Waals surface area contributed by atoms with Crippen LogP contribution in [0.5, 0.6) is 0 Å². The van der Waals surface area contributed by atoms with Crippen LogP contribution in [0.25, 0.3) is 17.0 Å². The van der Waals surface area contributed by atoms with Crippen LogP contribution in [0.2, 0.25) is 0 Å². The highest BCUT2D eigenvalue weighted by Gasteiger charge is 2.24. The number of rotatable bonds is 6. The van der Waals surface area contributed by atoms with Gasteiger partial charge in [0.25, 0.3) is 5.91 Å². The fourth-order valence-corrected chi connectivity index (χ4v) is 3.99. The molecule has 0 bridgehead atoms. The Labute approximate surface area is 196 Å². The van der Waals surface area contributed by atoms with Crippen molar-refractivity contribution in [2.45, 2.75) is 20.4 Å². The molecule has 0 radical (unpaired) electrons. The highest BCUT2D eigenvalue weighted by Crippen LogP contribution is 2.29. The Bertz CT molecular complexity index is 1250. The number of fused-ring (bicyclic) bond motifs is 1. The monoisotopic (exact) mass is 460 g/mol. The predicted octanol–water partition coefficient (Wildman–Crippen LogP) is 5.01. The third-order valence-electron chi connectivity index (χ3n) is 4.76. The number of amidine groups is 1. The molecule has 2 N–H and O–H groups in total. The third kappa shape index (κ3) is 5.98. The molecule has 33 heavy (non-hydrogen) atoms. The Morgan fingerprint density at radius 3 is 2.91 bits per heavy atom. The molecule has 1 aromatic heterocycles. The maximum absolute atomic E-state index is 12.5. The van der Waals surface area contributed by atoms with Gasteiger partial charge in [-0.05, 0) is 59.1 Å². The molecule has 7 nitrogen and oxygen atoms in total. The number of alkyl carbamates (subject to hydrolysis) is 1. The lowest BCUT2D eigenvalue weighted by Gasteiger charge is -2.10. The summed E-state index contributed by atoms with van der Waals surface area (Å²) in [6.45, 7) is 4.59. The molecule has 1 aliphatic rings. The first-order chi connectivity index (χ1) is 16.0. The molecule has 2 heterocycles. The summed E-state index contributed by atoms with van der Waals surface area (Å²) in [5.74, 6) is 0.0730. The van der Waals surface area contributed by atoms with E-state index < -0.39 is 6.09 Å². The second-order valence-electron chi connectivity index (χ2n) is 7.91. The SMILES string of the molecule is CC(C)COC(=O)NCc1ccccc1N=C1NC(=O)C(=Cc2ccc3ncccc3c2)S1. The average molecular weight is 461 g/mol. The van der Waals surface area contributed by atoms with E-state index in [-0.39, 0.29) is 18.4 Å². The molecule has 0 aliphatic carbocycles. The number of hydrogen-bond donors (Lipinski definition) is 2. The molecule has 4 rings (SSSR count). The first-order valence-corrected chi connectivity index (χ1v) is 11.4. The number of ether oxygens (including phenoxy) is 1. The summed E-state index contributed by atoms with van der Waals surface area (Å²) in [6, 6.07) is 17.2. The van der Waals surface area contributed by atoms with E-state index in [2.05, 4.69) is 20.6 Å². The summed E-state index contributed by atoms with van der Waals surface area (Å²) in [4.78, 5) is 33.9. The van der Waals surface area contributed by atoms with E-state index in [0.717, 1.165) is 22.0 Å². The van der Waals surface area contributed by atoms with Crippen LogP contribution < -0.4 is 10.6 Å². The normalized spacial score (nSPS) is 15.9. The second-order valence-corrected chi connectivity index (χ2v) is 8.94. The van der Waals surface area contributed by atoms with Crippen molar-refractivity contribution in [1.29, 1.82) is 0 Å². The van der Waals surface area contributed by atoms with Crippen LogP contribution in [-0.4, -0.2) is 28.8 Å². The van der Waals surface area contributed by atoms with Crippen LogP contribution >= 0.6 is 11.8 Å². The van der Waals surface area contributed by atoms with Gasteiger partial charge in [-0.15, -0.1) is 0 Å². The number of carbonyl (C=O) groups is 2. The van der Waals surface area contributed by atoms with E-state index in [1.54, 1.807) is 6.20 Å². The summed E-state index contributed by atoms with van der Waals surface area (Å²) >= 11 is 1.28. The number of para-hydroxylation sites is 1. The lowest BCUT2D eigenvalue weighted by Crippen LogP contribution is -2.25. The Morgan fingerprint density at radius 1 is 1.21 bits per heavy atom. The fraction of sp³-hybridized carbons (Fsp3) is 0.200. The van der Waals surface area contributed by atoms with Gasteiger partial charge >= 0.3 is 6.09 Å². The molecule has 2 aromatic carbocycles. The molecule has 1 fully saturated rings. The number of hydrogen-bond acceptors (Lipinski definition) is 6. The molecule has 0 atom stereocenters. The molecular formula is C25H24N4O3S. The third-order valence-corrected chi connectivity index (χ3v) is 5.67. The highest BCUT2D eigenvalue weighted by molar-refractivity contribution is 8.18. The van der Waals surface area contributed by atoms with Crippen molar-refractivity contribution in [3.8, 4) is 0 Å². The second kappa shape index (κ2) is 10.3. The van der Waals surface area contributed by atoms with Crippen molar-refractivity contribution < 1.29 is 14.3 Å². The van der Waals surface area contributed by atoms with Crippen LogP contribution in [0, 0.1) is 5.92 Å². The lowest BCUT2D eigenvalue weighted by molar-refractivity contribution is -0.115. The van der Waals surface area contributed by atoms with Gasteiger partial charge in [0.2, 0.25) is 0 Å². The number of benzene rings is 2. The smallest absolute Gasteiger partial charge is 0.407 e. The highest BCUT2D eigenvalue weighted by atomic mass is 32.2. The molecule has 3 aromatic rings. The average Bonchev–Trinajstić information content (AvgIpc) is 3.15. The molecule has 1 saturated heterocycles. The maximum Gasteiger partial charge on any atom is 0.407 e. The zero-order valence-corrected chi connectivity index (χ0v) is 19.2. The molecular weight excluding hydrogens is 436 g/mol. The predicted molar refractivity (Wildman–Crippen MR) is 132 cm³/mol. The van der Waals surface area contributed by atoms with Crippen LogP contribution in [0.3, 0.4) is 0 Å². The van der Waals surface area contributed by atoms with Gasteiger partial charge in [0.1, 0.15) is 0 Å². The number of carbonyl (C=O) groups excluding carboxylic acids is 2. The quantitative estimate of drug-likeness (QED) is 0.505. The molecule has 8 heteroatoms. The topological polar surface area (TPSA) is 92.7 Å². The maximum atomic E-state index is 12.5. The van der Waals surface area contributed by atoms with Gasteiger partial charge in [0.15, 0.2) is 5.17 Å². The van der Waals surface area contributed by atoms with Gasteiger partial charge in [-0.25, -0.2) is 9.79 Å². The number of pyridine rings is 1. The number of amides is 2. The van der Waals surface area contributed by atoms with Gasteiger partial charge < -0.3 is 15.4 Å². The first kappa shape index (κ1) is 22.5. The zero-order valence-electron chi connectivity index (χ0n) is 18.4. The Morgan fingerprint density at radius 2 is 2.06 bits per heavy atom. The Balaban J connectivity index is 1.47. The minimum atomic E-state index is -0.467. The van der Waals surface area contributed by atoms with E-state index >= 15 is 0 Å². The summed E-state index contributed by atoms with van der Waals surface area (Å²) in [5, 5.41) is 7.06. The molecule has 2 amide bonds. The van der Waals surface area contributed by atoms with Crippen molar-refractivity contribution in [3.05, 3.63) is 76.8 Å². The number of aromatic nitrogens is 1. The molecule has 0 spiro atoms. The van der Waals surface area contributed by atoms with Crippen molar-refractivity contribution in [2.75, 3.05) is 6.61 Å². The summed E-state index contributed by atoms with van der Waals surface area (Å²) in [7, 11) is 0. The summed E-state index contributed by atoms with van der Waals surface area (Å²) in [5.41, 5.74) is 3.31. The van der Waals surface area contributed by atoms with Gasteiger partial charge in [0.05, 0.1) is 22.7 Å². The fourth-order valence-electron chi connectivity index (χ4n) is 3.16. The minimum absolute atomic E-state index is 0.196. The minimum Gasteiger partial charge on any atom is -0.449 e. The van der Waals surface area contributed by atoms with Gasteiger partial charge in [0, 0.05) is 18.1 Å². The van der Waals surface area contributed by atoms with Crippen LogP contribution in [0.15, 0.2) is 70.7 Å². The van der Waals surface area contributed by atoms with E-state index in [0.29, 0.717) is 22.4 Å². The van der Waals surface area contributed by atoms with Crippen molar-refractivity contribution in [3.63, 3.8) is 0 Å². The van der Waals surface area contributed by atoms with Crippen molar-refractivity contribution in [2.24, 2.45) is 10.9 Å². The molecule has 0 unspecified atom stereocenters. The van der Waals surface area contributed by atoms with E-state index in [1.165, 1.54) is 11.8 Å². The Hall–Kier alpha value is -3.65. The number of nitrogens with one attached hydrogen (secondary N) is 2. The first-order valence-electron chi connectivity index (χ1n) is 10.6. The van der Waals surface area contributed by atoms with E-state index in [9.17, 15) is 9.59 Å². The Kier molecular flexibility index (Phi) is 7.04. The summed E-state index contributed by atoms with van der Waals surface area (Å²) in [6.07, 6.45) is 3.13. The molecule has 168 valence electrons. The van der Waals surface area contributed by atoms with Crippen LogP contribution in [0.4, 0.5) is 10.5 Å². The van der Waals surface area contributed by atoms with Crippen molar-refractivity contribution in [1.82, 2.24) is 15.6 Å². The van der Waals surface area contributed by atoms with Gasteiger partial charge in [-0.3, -0.25) is 9.78 Å². The van der Waals surface area contributed by atoms with Crippen molar-refractivity contribution >= 4 is 51.6 Å². The van der Waals surface area contributed by atoms with E-state index in [4.69, 9.17) is 4.74 Å². The molecule has 0 saturated carbocycles. The van der Waals surface area contributed by atoms with Gasteiger partial charge in [-0.1, -0.05) is 44.2 Å². The molecule has 1 aliphatic heterocycles. The standard InChI is InChI=1S/C25H24N4O3S/c1-16(2)15-32-25(31)27-14-19-6-3-4-8-21(19)28-24-29-23(30)22(33-24)13-17-9-10-20-18(12-17)7-5-11-26-20/h3-13,16H,14-15H2,1-2H3,(H,27,31)(H,28,29,30). The van der Waals surface area contributed by atoms with Gasteiger partial charge in [-0.2, -0.15) is 0 Å². The van der Waals surface area contributed by atoms with Crippen LogP contribution in [0.1, 0.15) is 25.0 Å². The lowest BCUT2D eigenvalue weighted by atomic mass is 10.1. The number of aliphatic imine (C=N–C) groups is 1. The van der Waals surface area contributed by atoms with Crippen LogP contribution in [-0.2, 0) is 16.1 Å². The largest absolute Gasteiger partial charge is 0.449 e. The number of nitrogens with zero attached hydrogens (tertiary/aromatic N) is 2. The van der Waals surface area contributed by atoms with E-state index in [1.807, 2.05) is 74.5 Å².